The van der Waals surface area contributed by atoms with E-state index in [1.807, 2.05) is 0 Å². The normalized spacial score (nSPS) is 19.9. The van der Waals surface area contributed by atoms with Gasteiger partial charge in [-0.25, -0.2) is 0 Å². The second-order valence-corrected chi connectivity index (χ2v) is 8.03. The van der Waals surface area contributed by atoms with Crippen molar-refractivity contribution in [1.82, 2.24) is 10.6 Å². The molecule has 1 aliphatic carbocycles. The molecule has 2 aliphatic rings. The van der Waals surface area contributed by atoms with Crippen molar-refractivity contribution < 1.29 is 14.2 Å². The predicted molar refractivity (Wildman–Crippen MR) is 132 cm³/mol. The van der Waals surface area contributed by atoms with Gasteiger partial charge in [-0.3, -0.25) is 4.99 Å². The lowest BCUT2D eigenvalue weighted by Gasteiger charge is -2.23. The molecule has 7 heteroatoms. The maximum atomic E-state index is 6.10. The fourth-order valence-electron chi connectivity index (χ4n) is 3.81. The summed E-state index contributed by atoms with van der Waals surface area (Å²) in [5, 5.41) is 6.71. The molecule has 170 valence electrons. The second-order valence-electron chi connectivity index (χ2n) is 8.03. The minimum absolute atomic E-state index is 0. The quantitative estimate of drug-likeness (QED) is 0.206. The lowest BCUT2D eigenvalue weighted by atomic mass is 9.98. The molecule has 0 spiro atoms. The summed E-state index contributed by atoms with van der Waals surface area (Å²) >= 11 is 0. The van der Waals surface area contributed by atoms with Crippen molar-refractivity contribution >= 4 is 29.9 Å². The van der Waals surface area contributed by atoms with Gasteiger partial charge < -0.3 is 24.8 Å². The fraction of sp³-hybridized carbons (Fsp3) is 0.696. The molecule has 0 radical (unpaired) electrons. The maximum Gasteiger partial charge on any atom is 0.191 e. The first kappa shape index (κ1) is 25.2. The molecule has 1 saturated heterocycles. The second kappa shape index (κ2) is 14.9. The van der Waals surface area contributed by atoms with Gasteiger partial charge in [-0.1, -0.05) is 18.6 Å². The van der Waals surface area contributed by atoms with Gasteiger partial charge in [0, 0.05) is 39.3 Å². The van der Waals surface area contributed by atoms with E-state index in [4.69, 9.17) is 14.2 Å². The highest BCUT2D eigenvalue weighted by Crippen LogP contribution is 2.23. The lowest BCUT2D eigenvalue weighted by Crippen LogP contribution is -2.37. The monoisotopic (exact) mass is 531 g/mol. The third-order valence-electron chi connectivity index (χ3n) is 5.60. The van der Waals surface area contributed by atoms with Gasteiger partial charge in [-0.2, -0.15) is 0 Å². The zero-order valence-electron chi connectivity index (χ0n) is 18.2. The lowest BCUT2D eigenvalue weighted by molar-refractivity contribution is 0.0888. The average Bonchev–Trinajstić information content (AvgIpc) is 3.28. The van der Waals surface area contributed by atoms with Crippen LogP contribution in [0.25, 0.3) is 0 Å². The van der Waals surface area contributed by atoms with Gasteiger partial charge in [0.25, 0.3) is 0 Å². The highest BCUT2D eigenvalue weighted by molar-refractivity contribution is 14.0. The van der Waals surface area contributed by atoms with Crippen molar-refractivity contribution in [1.29, 1.82) is 0 Å². The molecule has 1 aromatic rings. The molecule has 6 nitrogen and oxygen atoms in total. The largest absolute Gasteiger partial charge is 0.490 e. The molecule has 1 unspecified atom stereocenters. The number of rotatable bonds is 10. The van der Waals surface area contributed by atoms with Crippen LogP contribution < -0.4 is 15.4 Å². The average molecular weight is 531 g/mol. The highest BCUT2D eigenvalue weighted by atomic mass is 127. The van der Waals surface area contributed by atoms with Crippen molar-refractivity contribution in [3.8, 4) is 5.75 Å². The van der Waals surface area contributed by atoms with E-state index < -0.39 is 0 Å². The molecular weight excluding hydrogens is 493 g/mol. The number of hydrogen-bond donors (Lipinski definition) is 2. The first-order valence-electron chi connectivity index (χ1n) is 11.2. The van der Waals surface area contributed by atoms with Crippen LogP contribution in [0.15, 0.2) is 29.3 Å². The molecule has 30 heavy (non-hydrogen) atoms. The Kier molecular flexibility index (Phi) is 12.5. The summed E-state index contributed by atoms with van der Waals surface area (Å²) in [6, 6.07) is 8.40. The van der Waals surface area contributed by atoms with Crippen molar-refractivity contribution in [3.63, 3.8) is 0 Å². The SMILES string of the molecule is CN=C(NCCCOCC1CCOC1)NCc1ccc(OC2CCCCC2)cc1.I. The van der Waals surface area contributed by atoms with Crippen molar-refractivity contribution in [3.05, 3.63) is 29.8 Å². The van der Waals surface area contributed by atoms with Crippen LogP contribution in [-0.2, 0) is 16.0 Å². The van der Waals surface area contributed by atoms with Crippen LogP contribution in [0.5, 0.6) is 5.75 Å². The van der Waals surface area contributed by atoms with Crippen molar-refractivity contribution in [2.24, 2.45) is 10.9 Å². The Morgan fingerprint density at radius 3 is 2.60 bits per heavy atom. The number of benzene rings is 1. The van der Waals surface area contributed by atoms with Gasteiger partial charge in [-0.15, -0.1) is 24.0 Å². The van der Waals surface area contributed by atoms with E-state index in [9.17, 15) is 0 Å². The number of guanidine groups is 1. The number of ether oxygens (including phenoxy) is 3. The van der Waals surface area contributed by atoms with E-state index in [2.05, 4.69) is 39.9 Å². The summed E-state index contributed by atoms with van der Waals surface area (Å²) in [5.74, 6) is 2.38. The Hall–Kier alpha value is -1.06. The van der Waals surface area contributed by atoms with Gasteiger partial charge in [-0.05, 0) is 56.2 Å². The summed E-state index contributed by atoms with van der Waals surface area (Å²) in [5.41, 5.74) is 1.21. The molecule has 1 aromatic carbocycles. The summed E-state index contributed by atoms with van der Waals surface area (Å²) in [4.78, 5) is 4.29. The minimum atomic E-state index is 0. The van der Waals surface area contributed by atoms with Crippen LogP contribution in [0.3, 0.4) is 0 Å². The molecule has 1 aliphatic heterocycles. The zero-order valence-corrected chi connectivity index (χ0v) is 20.6. The topological polar surface area (TPSA) is 64.1 Å². The fourth-order valence-corrected chi connectivity index (χ4v) is 3.81. The Balaban J connectivity index is 0.00000320. The van der Waals surface area contributed by atoms with Gasteiger partial charge in [0.1, 0.15) is 5.75 Å². The molecular formula is C23H38IN3O3. The van der Waals surface area contributed by atoms with Crippen LogP contribution in [0.1, 0.15) is 50.5 Å². The third kappa shape index (κ3) is 9.39. The molecule has 1 atom stereocenters. The van der Waals surface area contributed by atoms with Crippen molar-refractivity contribution in [2.75, 3.05) is 40.0 Å². The molecule has 2 N–H and O–H groups in total. The van der Waals surface area contributed by atoms with E-state index >= 15 is 0 Å². The van der Waals surface area contributed by atoms with Gasteiger partial charge >= 0.3 is 0 Å². The smallest absolute Gasteiger partial charge is 0.191 e. The van der Waals surface area contributed by atoms with Gasteiger partial charge in [0.05, 0.1) is 19.3 Å². The van der Waals surface area contributed by atoms with E-state index in [-0.39, 0.29) is 24.0 Å². The van der Waals surface area contributed by atoms with Gasteiger partial charge in [0.2, 0.25) is 0 Å². The predicted octanol–water partition coefficient (Wildman–Crippen LogP) is 4.12. The number of hydrogen-bond acceptors (Lipinski definition) is 4. The van der Waals surface area contributed by atoms with Crippen LogP contribution in [0.4, 0.5) is 0 Å². The highest BCUT2D eigenvalue weighted by Gasteiger charge is 2.15. The Bertz CT molecular complexity index is 600. The van der Waals surface area contributed by atoms with Crippen LogP contribution >= 0.6 is 24.0 Å². The number of nitrogens with zero attached hydrogens (tertiary/aromatic N) is 1. The van der Waals surface area contributed by atoms with Crippen LogP contribution in [-0.4, -0.2) is 52.1 Å². The molecule has 3 rings (SSSR count). The van der Waals surface area contributed by atoms with Crippen LogP contribution in [0, 0.1) is 5.92 Å². The first-order valence-corrected chi connectivity index (χ1v) is 11.2. The first-order chi connectivity index (χ1) is 14.3. The molecule has 1 heterocycles. The molecule has 0 bridgehead atoms. The molecule has 1 saturated carbocycles. The third-order valence-corrected chi connectivity index (χ3v) is 5.60. The van der Waals surface area contributed by atoms with E-state index in [1.165, 1.54) is 37.7 Å². The molecule has 0 amide bonds. The van der Waals surface area contributed by atoms with E-state index in [0.717, 1.165) is 64.1 Å². The van der Waals surface area contributed by atoms with E-state index in [1.54, 1.807) is 7.05 Å². The Labute approximate surface area is 198 Å². The molecule has 2 fully saturated rings. The number of nitrogens with one attached hydrogen (secondary N) is 2. The minimum Gasteiger partial charge on any atom is -0.490 e. The Morgan fingerprint density at radius 2 is 1.90 bits per heavy atom. The number of aliphatic imine (C=N–C) groups is 1. The van der Waals surface area contributed by atoms with Crippen LogP contribution in [0.2, 0.25) is 0 Å². The van der Waals surface area contributed by atoms with Crippen molar-refractivity contribution in [2.45, 2.75) is 57.6 Å². The molecule has 0 aromatic heterocycles. The summed E-state index contributed by atoms with van der Waals surface area (Å²) in [6.07, 6.45) is 8.79. The van der Waals surface area contributed by atoms with E-state index in [0.29, 0.717) is 12.0 Å². The number of halogens is 1. The summed E-state index contributed by atoms with van der Waals surface area (Å²) < 4.78 is 17.2. The standard InChI is InChI=1S/C23H37N3O3.HI/c1-24-23(25-13-5-14-27-17-20-12-15-28-18-20)26-16-19-8-10-22(11-9-19)29-21-6-3-2-4-7-21;/h8-11,20-21H,2-7,12-18H2,1H3,(H2,24,25,26);1H. The Morgan fingerprint density at radius 1 is 1.10 bits per heavy atom. The summed E-state index contributed by atoms with van der Waals surface area (Å²) in [7, 11) is 1.80. The van der Waals surface area contributed by atoms with Gasteiger partial charge in [0.15, 0.2) is 5.96 Å². The zero-order chi connectivity index (χ0) is 20.2. The maximum absolute atomic E-state index is 6.10. The summed E-state index contributed by atoms with van der Waals surface area (Å²) in [6.45, 7) is 4.89.